The molecule has 0 bridgehead atoms. The van der Waals surface area contributed by atoms with Gasteiger partial charge in [0.05, 0.1) is 28.8 Å². The van der Waals surface area contributed by atoms with Crippen LogP contribution in [0.2, 0.25) is 0 Å². The number of urea groups is 1. The van der Waals surface area contributed by atoms with Gasteiger partial charge in [-0.05, 0) is 49.9 Å². The Morgan fingerprint density at radius 1 is 1.02 bits per heavy atom. The number of nitrogens with zero attached hydrogens (tertiary/aromatic N) is 5. The van der Waals surface area contributed by atoms with Gasteiger partial charge in [0.25, 0.3) is 11.9 Å². The van der Waals surface area contributed by atoms with Crippen molar-refractivity contribution in [2.24, 2.45) is 5.92 Å². The predicted molar refractivity (Wildman–Crippen MR) is 148 cm³/mol. The molecule has 10 nitrogen and oxygen atoms in total. The molecule has 224 valence electrons. The number of hydrogen-bond acceptors (Lipinski definition) is 7. The van der Waals surface area contributed by atoms with E-state index >= 15 is 0 Å². The number of halogens is 4. The molecule has 0 radical (unpaired) electrons. The Hall–Kier alpha value is -4.36. The van der Waals surface area contributed by atoms with Crippen molar-refractivity contribution in [3.8, 4) is 0 Å². The topological polar surface area (TPSA) is 107 Å². The maximum atomic E-state index is 14.1. The molecule has 1 atom stereocenters. The number of para-hydroxylation sites is 1. The lowest BCUT2D eigenvalue weighted by Gasteiger charge is -2.35. The molecule has 42 heavy (non-hydrogen) atoms. The molecule has 2 N–H and O–H groups in total. The lowest BCUT2D eigenvalue weighted by molar-refractivity contribution is -0.137. The number of amides is 3. The summed E-state index contributed by atoms with van der Waals surface area (Å²) in [5.74, 6) is -0.339. The number of oxazole rings is 1. The summed E-state index contributed by atoms with van der Waals surface area (Å²) in [5, 5.41) is 4.85. The number of nitrogens with one attached hydrogen (secondary N) is 2. The minimum atomic E-state index is -4.82. The average molecular weight is 590 g/mol. The molecule has 0 spiro atoms. The quantitative estimate of drug-likeness (QED) is 0.385. The third kappa shape index (κ3) is 6.42. The molecule has 3 amide bonds. The average Bonchev–Trinajstić information content (AvgIpc) is 3.36. The minimum Gasteiger partial charge on any atom is -0.418 e. The second-order valence-electron chi connectivity index (χ2n) is 10.5. The molecule has 14 heteroatoms. The molecule has 0 aliphatic carbocycles. The molecule has 3 aromatic rings. The number of carbonyl (C=O) groups is 2. The fourth-order valence-corrected chi connectivity index (χ4v) is 5.14. The van der Waals surface area contributed by atoms with Gasteiger partial charge in [-0.3, -0.25) is 4.79 Å². The first kappa shape index (κ1) is 29.1. The molecule has 1 aromatic carbocycles. The summed E-state index contributed by atoms with van der Waals surface area (Å²) in [6.45, 7) is 6.64. The zero-order valence-corrected chi connectivity index (χ0v) is 23.2. The Morgan fingerprint density at radius 2 is 1.79 bits per heavy atom. The highest BCUT2D eigenvalue weighted by Gasteiger charge is 2.36. The maximum absolute atomic E-state index is 14.1. The smallest absolute Gasteiger partial charge is 0.418 e. The SMILES string of the molecule is Cc1nc(N2CCCC(C)C2)oc1C(=O)Nc1ccc(N2CCN(C(=O)Nc3c(F)cccc3C(F)(F)F)CC2)nc1. The summed E-state index contributed by atoms with van der Waals surface area (Å²) < 4.78 is 59.7. The third-order valence-electron chi connectivity index (χ3n) is 7.37. The second kappa shape index (κ2) is 11.9. The largest absolute Gasteiger partial charge is 0.418 e. The summed E-state index contributed by atoms with van der Waals surface area (Å²) in [5.41, 5.74) is -1.19. The van der Waals surface area contributed by atoms with Crippen molar-refractivity contribution in [1.82, 2.24) is 14.9 Å². The Labute approximate surface area is 239 Å². The van der Waals surface area contributed by atoms with Crippen LogP contribution in [-0.2, 0) is 6.18 Å². The molecule has 2 aromatic heterocycles. The van der Waals surface area contributed by atoms with Crippen LogP contribution >= 0.6 is 0 Å². The fraction of sp³-hybridized carbons (Fsp3) is 0.429. The van der Waals surface area contributed by atoms with Crippen molar-refractivity contribution >= 4 is 35.1 Å². The van der Waals surface area contributed by atoms with Crippen LogP contribution in [0.5, 0.6) is 0 Å². The molecule has 1 unspecified atom stereocenters. The highest BCUT2D eigenvalue weighted by Crippen LogP contribution is 2.36. The zero-order chi connectivity index (χ0) is 30.0. The first-order valence-electron chi connectivity index (χ1n) is 13.7. The van der Waals surface area contributed by atoms with E-state index < -0.39 is 35.2 Å². The van der Waals surface area contributed by atoms with Crippen LogP contribution in [0.1, 0.15) is 41.6 Å². The normalized spacial score (nSPS) is 17.8. The molecule has 0 saturated carbocycles. The van der Waals surface area contributed by atoms with Crippen LogP contribution < -0.4 is 20.4 Å². The van der Waals surface area contributed by atoms with Crippen molar-refractivity contribution in [2.75, 3.05) is 59.7 Å². The van der Waals surface area contributed by atoms with Gasteiger partial charge in [-0.25, -0.2) is 14.2 Å². The van der Waals surface area contributed by atoms with Gasteiger partial charge in [0, 0.05) is 39.3 Å². The number of piperidine rings is 1. The number of alkyl halides is 3. The Kier molecular flexibility index (Phi) is 8.23. The number of anilines is 4. The zero-order valence-electron chi connectivity index (χ0n) is 23.2. The number of pyridine rings is 1. The molecular weight excluding hydrogens is 558 g/mol. The molecule has 2 aliphatic heterocycles. The summed E-state index contributed by atoms with van der Waals surface area (Å²) in [7, 11) is 0. The highest BCUT2D eigenvalue weighted by atomic mass is 19.4. The Morgan fingerprint density at radius 3 is 2.45 bits per heavy atom. The van der Waals surface area contributed by atoms with E-state index in [9.17, 15) is 27.2 Å². The van der Waals surface area contributed by atoms with E-state index in [2.05, 4.69) is 32.4 Å². The second-order valence-corrected chi connectivity index (χ2v) is 10.5. The lowest BCUT2D eigenvalue weighted by atomic mass is 10.0. The molecule has 2 fully saturated rings. The van der Waals surface area contributed by atoms with Crippen molar-refractivity contribution in [3.05, 3.63) is 59.4 Å². The van der Waals surface area contributed by atoms with Crippen LogP contribution in [-0.4, -0.2) is 66.1 Å². The Balaban J connectivity index is 1.15. The van der Waals surface area contributed by atoms with Crippen LogP contribution in [0.15, 0.2) is 40.9 Å². The van der Waals surface area contributed by atoms with Gasteiger partial charge in [0.2, 0.25) is 5.76 Å². The van der Waals surface area contributed by atoms with Crippen LogP contribution in [0.25, 0.3) is 0 Å². The van der Waals surface area contributed by atoms with Crippen LogP contribution in [0, 0.1) is 18.7 Å². The molecule has 5 rings (SSSR count). The number of rotatable bonds is 5. The van der Waals surface area contributed by atoms with Crippen LogP contribution in [0.4, 0.5) is 45.6 Å². The van der Waals surface area contributed by atoms with E-state index in [0.29, 0.717) is 48.3 Å². The van der Waals surface area contributed by atoms with Crippen molar-refractivity contribution < 1.29 is 31.6 Å². The number of carbonyl (C=O) groups excluding carboxylic acids is 2. The van der Waals surface area contributed by atoms with Gasteiger partial charge >= 0.3 is 12.2 Å². The lowest BCUT2D eigenvalue weighted by Crippen LogP contribution is -2.50. The van der Waals surface area contributed by atoms with Gasteiger partial charge in [0.1, 0.15) is 11.6 Å². The van der Waals surface area contributed by atoms with E-state index in [1.54, 1.807) is 19.1 Å². The standard InChI is InChI=1S/C28H31F4N7O3/c1-17-5-4-10-39(16-17)27-34-18(2)24(42-27)25(40)35-19-8-9-22(33-15-19)37-11-13-38(14-12-37)26(41)36-23-20(28(30,31)32)6-3-7-21(23)29/h3,6-9,15,17H,4-5,10-14,16H2,1-2H3,(H,35,40)(H,36,41). The number of piperazine rings is 1. The van der Waals surface area contributed by atoms with Gasteiger partial charge < -0.3 is 29.8 Å². The van der Waals surface area contributed by atoms with Crippen molar-refractivity contribution in [2.45, 2.75) is 32.9 Å². The first-order chi connectivity index (χ1) is 20.0. The predicted octanol–water partition coefficient (Wildman–Crippen LogP) is 5.38. The fourth-order valence-electron chi connectivity index (χ4n) is 5.14. The summed E-state index contributed by atoms with van der Waals surface area (Å²) in [6.07, 6.45) is -1.12. The van der Waals surface area contributed by atoms with Gasteiger partial charge in [-0.2, -0.15) is 18.2 Å². The molecule has 2 aliphatic rings. The molecule has 4 heterocycles. The monoisotopic (exact) mass is 589 g/mol. The van der Waals surface area contributed by atoms with E-state index in [4.69, 9.17) is 4.42 Å². The number of aromatic nitrogens is 2. The first-order valence-corrected chi connectivity index (χ1v) is 13.7. The third-order valence-corrected chi connectivity index (χ3v) is 7.37. The van der Waals surface area contributed by atoms with Crippen molar-refractivity contribution in [3.63, 3.8) is 0 Å². The summed E-state index contributed by atoms with van der Waals surface area (Å²) in [6, 6.07) is 5.55. The van der Waals surface area contributed by atoms with E-state index in [0.717, 1.165) is 38.1 Å². The van der Waals surface area contributed by atoms with E-state index in [1.165, 1.54) is 11.1 Å². The van der Waals surface area contributed by atoms with Gasteiger partial charge in [-0.15, -0.1) is 0 Å². The van der Waals surface area contributed by atoms with Crippen molar-refractivity contribution in [1.29, 1.82) is 0 Å². The number of aryl methyl sites for hydroxylation is 1. The maximum Gasteiger partial charge on any atom is 0.418 e. The number of hydrogen-bond donors (Lipinski definition) is 2. The van der Waals surface area contributed by atoms with Gasteiger partial charge in [0.15, 0.2) is 0 Å². The highest BCUT2D eigenvalue weighted by molar-refractivity contribution is 6.03. The molecular formula is C28H31F4N7O3. The Bertz CT molecular complexity index is 1440. The van der Waals surface area contributed by atoms with Gasteiger partial charge in [-0.1, -0.05) is 13.0 Å². The van der Waals surface area contributed by atoms with E-state index in [-0.39, 0.29) is 18.8 Å². The molecule has 2 saturated heterocycles. The summed E-state index contributed by atoms with van der Waals surface area (Å²) in [4.78, 5) is 39.6. The summed E-state index contributed by atoms with van der Waals surface area (Å²) >= 11 is 0. The van der Waals surface area contributed by atoms with E-state index in [1.807, 2.05) is 4.90 Å². The minimum absolute atomic E-state index is 0.138. The number of benzene rings is 1. The van der Waals surface area contributed by atoms with Crippen LogP contribution in [0.3, 0.4) is 0 Å².